The minimum atomic E-state index is 0.820. The molecular weight excluding hydrogens is 332 g/mol. The van der Waals surface area contributed by atoms with E-state index >= 15 is 0 Å². The molecule has 5 rings (SSSR count). The predicted octanol–water partition coefficient (Wildman–Crippen LogP) is 7.32. The molecule has 5 aromatic rings. The van der Waals surface area contributed by atoms with Crippen LogP contribution < -0.4 is 0 Å². The molecule has 0 bridgehead atoms. The summed E-state index contributed by atoms with van der Waals surface area (Å²) in [4.78, 5) is 0. The van der Waals surface area contributed by atoms with E-state index in [4.69, 9.17) is 8.83 Å². The summed E-state index contributed by atoms with van der Waals surface area (Å²) in [5, 5.41) is 2.24. The van der Waals surface area contributed by atoms with Crippen molar-refractivity contribution in [2.45, 2.75) is 6.92 Å². The minimum absolute atomic E-state index is 0.820. The smallest absolute Gasteiger partial charge is 0.135 e. The summed E-state index contributed by atoms with van der Waals surface area (Å²) in [6, 6.07) is 26.8. The van der Waals surface area contributed by atoms with Crippen molar-refractivity contribution in [3.05, 3.63) is 95.9 Å². The van der Waals surface area contributed by atoms with Gasteiger partial charge in [0.15, 0.2) is 0 Å². The normalized spacial score (nSPS) is 11.7. The lowest BCUT2D eigenvalue weighted by atomic mass is 10.0. The number of para-hydroxylation sites is 1. The second kappa shape index (κ2) is 6.33. The molecule has 0 spiro atoms. The molecule has 130 valence electrons. The molecular formula is C25H18O2. The van der Waals surface area contributed by atoms with Gasteiger partial charge in [0.1, 0.15) is 22.7 Å². The van der Waals surface area contributed by atoms with Gasteiger partial charge < -0.3 is 8.83 Å². The third kappa shape index (κ3) is 2.85. The van der Waals surface area contributed by atoms with Crippen LogP contribution in [0.2, 0.25) is 0 Å². The summed E-state index contributed by atoms with van der Waals surface area (Å²) in [7, 11) is 0. The minimum Gasteiger partial charge on any atom is -0.457 e. The fraction of sp³-hybridized carbons (Fsp3) is 0.0400. The average molecular weight is 350 g/mol. The van der Waals surface area contributed by atoms with Crippen LogP contribution >= 0.6 is 0 Å². The van der Waals surface area contributed by atoms with Crippen molar-refractivity contribution in [1.82, 2.24) is 0 Å². The van der Waals surface area contributed by atoms with Crippen LogP contribution in [0.5, 0.6) is 0 Å². The first-order valence-corrected chi connectivity index (χ1v) is 9.03. The molecule has 0 N–H and O–H groups in total. The molecule has 0 aliphatic carbocycles. The highest BCUT2D eigenvalue weighted by atomic mass is 16.3. The molecule has 0 saturated carbocycles. The molecule has 2 heterocycles. The molecule has 3 aromatic carbocycles. The molecule has 27 heavy (non-hydrogen) atoms. The number of hydrogen-bond acceptors (Lipinski definition) is 2. The maximum atomic E-state index is 6.06. The summed E-state index contributed by atoms with van der Waals surface area (Å²) in [6.07, 6.45) is 3.94. The summed E-state index contributed by atoms with van der Waals surface area (Å²) in [5.74, 6) is 1.68. The predicted molar refractivity (Wildman–Crippen MR) is 112 cm³/mol. The topological polar surface area (TPSA) is 26.3 Å². The van der Waals surface area contributed by atoms with Crippen LogP contribution in [0.4, 0.5) is 0 Å². The summed E-state index contributed by atoms with van der Waals surface area (Å²) < 4.78 is 11.9. The Balaban J connectivity index is 1.52. The Morgan fingerprint density at radius 3 is 2.33 bits per heavy atom. The van der Waals surface area contributed by atoms with E-state index in [0.29, 0.717) is 0 Å². The van der Waals surface area contributed by atoms with Crippen LogP contribution in [-0.4, -0.2) is 0 Å². The quantitative estimate of drug-likeness (QED) is 0.340. The van der Waals surface area contributed by atoms with Crippen molar-refractivity contribution in [3.63, 3.8) is 0 Å². The molecule has 0 aliphatic heterocycles. The third-order valence-electron chi connectivity index (χ3n) is 4.92. The van der Waals surface area contributed by atoms with Crippen molar-refractivity contribution in [2.75, 3.05) is 0 Å². The van der Waals surface area contributed by atoms with Crippen molar-refractivity contribution < 1.29 is 8.83 Å². The maximum Gasteiger partial charge on any atom is 0.135 e. The monoisotopic (exact) mass is 350 g/mol. The van der Waals surface area contributed by atoms with Crippen LogP contribution in [0.3, 0.4) is 0 Å². The molecule has 0 atom stereocenters. The number of furan rings is 2. The molecule has 0 fully saturated rings. The van der Waals surface area contributed by atoms with Crippen LogP contribution in [0.1, 0.15) is 17.1 Å². The Hall–Kier alpha value is -3.52. The molecule has 2 aromatic heterocycles. The average Bonchev–Trinajstić information content (AvgIpc) is 3.27. The summed E-state index contributed by atoms with van der Waals surface area (Å²) >= 11 is 0. The summed E-state index contributed by atoms with van der Waals surface area (Å²) in [5.41, 5.74) is 5.33. The molecule has 2 nitrogen and oxygen atoms in total. The number of aryl methyl sites for hydroxylation is 1. The van der Waals surface area contributed by atoms with Crippen molar-refractivity contribution in [2.24, 2.45) is 0 Å². The van der Waals surface area contributed by atoms with Crippen LogP contribution in [0, 0.1) is 6.92 Å². The van der Waals surface area contributed by atoms with E-state index in [9.17, 15) is 0 Å². The highest BCUT2D eigenvalue weighted by Gasteiger charge is 2.10. The van der Waals surface area contributed by atoms with Crippen LogP contribution in [0.25, 0.3) is 45.2 Å². The van der Waals surface area contributed by atoms with E-state index in [1.54, 1.807) is 0 Å². The number of fused-ring (bicyclic) bond motifs is 2. The van der Waals surface area contributed by atoms with E-state index in [0.717, 1.165) is 39.0 Å². The second-order valence-corrected chi connectivity index (χ2v) is 6.69. The molecule has 0 unspecified atom stereocenters. The van der Waals surface area contributed by atoms with Crippen LogP contribution in [0.15, 0.2) is 87.7 Å². The van der Waals surface area contributed by atoms with E-state index < -0.39 is 0 Å². The van der Waals surface area contributed by atoms with Gasteiger partial charge in [-0.25, -0.2) is 0 Å². The fourth-order valence-electron chi connectivity index (χ4n) is 3.45. The van der Waals surface area contributed by atoms with Gasteiger partial charge in [-0.15, -0.1) is 0 Å². The van der Waals surface area contributed by atoms with Gasteiger partial charge in [-0.1, -0.05) is 54.6 Å². The largest absolute Gasteiger partial charge is 0.457 e. The summed E-state index contributed by atoms with van der Waals surface area (Å²) in [6.45, 7) is 2.10. The Labute approximate surface area is 157 Å². The molecule has 0 aliphatic rings. The standard InChI is InChI=1S/C25H18O2/c1-17-22-16-19(18-7-3-2-4-8-18)11-13-25(22)27-23(17)14-12-21-15-20-9-5-6-10-24(20)26-21/h2-16H,1H3/b14-12-. The van der Waals surface area contributed by atoms with E-state index in [2.05, 4.69) is 43.3 Å². The zero-order chi connectivity index (χ0) is 18.2. The van der Waals surface area contributed by atoms with Crippen molar-refractivity contribution in [3.8, 4) is 11.1 Å². The maximum absolute atomic E-state index is 6.06. The zero-order valence-electron chi connectivity index (χ0n) is 15.0. The van der Waals surface area contributed by atoms with Gasteiger partial charge in [-0.05, 0) is 54.5 Å². The van der Waals surface area contributed by atoms with Crippen molar-refractivity contribution in [1.29, 1.82) is 0 Å². The van der Waals surface area contributed by atoms with Gasteiger partial charge in [0.25, 0.3) is 0 Å². The Kier molecular flexibility index (Phi) is 3.68. The highest BCUT2D eigenvalue weighted by Crippen LogP contribution is 2.31. The van der Waals surface area contributed by atoms with Gasteiger partial charge in [-0.3, -0.25) is 0 Å². The number of benzene rings is 3. The molecule has 0 saturated heterocycles. The Morgan fingerprint density at radius 2 is 1.48 bits per heavy atom. The van der Waals surface area contributed by atoms with Gasteiger partial charge >= 0.3 is 0 Å². The Morgan fingerprint density at radius 1 is 0.667 bits per heavy atom. The highest BCUT2D eigenvalue weighted by molar-refractivity contribution is 5.90. The van der Waals surface area contributed by atoms with Crippen LogP contribution in [-0.2, 0) is 0 Å². The van der Waals surface area contributed by atoms with E-state index in [1.807, 2.05) is 54.6 Å². The lowest BCUT2D eigenvalue weighted by Crippen LogP contribution is -1.77. The third-order valence-corrected chi connectivity index (χ3v) is 4.92. The number of hydrogen-bond donors (Lipinski definition) is 0. The number of rotatable bonds is 3. The van der Waals surface area contributed by atoms with Gasteiger partial charge in [-0.2, -0.15) is 0 Å². The van der Waals surface area contributed by atoms with Gasteiger partial charge in [0.05, 0.1) is 0 Å². The lowest BCUT2D eigenvalue weighted by Gasteiger charge is -2.01. The molecule has 0 amide bonds. The first kappa shape index (κ1) is 15.7. The SMILES string of the molecule is Cc1c(/C=C\c2cc3ccccc3o2)oc2ccc(-c3ccccc3)cc12. The van der Waals surface area contributed by atoms with Crippen molar-refractivity contribution >= 4 is 34.1 Å². The fourth-order valence-corrected chi connectivity index (χ4v) is 3.45. The zero-order valence-corrected chi connectivity index (χ0v) is 15.0. The van der Waals surface area contributed by atoms with Gasteiger partial charge in [0, 0.05) is 16.3 Å². The molecule has 2 heteroatoms. The molecule has 0 radical (unpaired) electrons. The van der Waals surface area contributed by atoms with Gasteiger partial charge in [0.2, 0.25) is 0 Å². The van der Waals surface area contributed by atoms with E-state index in [-0.39, 0.29) is 0 Å². The second-order valence-electron chi connectivity index (χ2n) is 6.69. The lowest BCUT2D eigenvalue weighted by molar-refractivity contribution is 0.597. The first-order valence-electron chi connectivity index (χ1n) is 9.03. The first-order chi connectivity index (χ1) is 13.3. The Bertz CT molecular complexity index is 1240. The van der Waals surface area contributed by atoms with E-state index in [1.165, 1.54) is 11.1 Å².